The van der Waals surface area contributed by atoms with E-state index in [1.54, 1.807) is 31.2 Å². The lowest BCUT2D eigenvalue weighted by Gasteiger charge is -2.33. The average Bonchev–Trinajstić information content (AvgIpc) is 2.82. The van der Waals surface area contributed by atoms with Crippen molar-refractivity contribution in [2.75, 3.05) is 0 Å². The average molecular weight is 485 g/mol. The number of hydrogen-bond acceptors (Lipinski definition) is 4. The van der Waals surface area contributed by atoms with Crippen molar-refractivity contribution in [1.29, 1.82) is 0 Å². The van der Waals surface area contributed by atoms with Gasteiger partial charge in [0.25, 0.3) is 0 Å². The highest BCUT2D eigenvalue weighted by molar-refractivity contribution is 6.12. The summed E-state index contributed by atoms with van der Waals surface area (Å²) in [7, 11) is 0. The van der Waals surface area contributed by atoms with Gasteiger partial charge in [0.1, 0.15) is 0 Å². The first-order chi connectivity index (χ1) is 16.6. The second kappa shape index (κ2) is 14.1. The Morgan fingerprint density at radius 3 is 2.14 bits per heavy atom. The predicted octanol–water partition coefficient (Wildman–Crippen LogP) is 8.61. The summed E-state index contributed by atoms with van der Waals surface area (Å²) in [5.41, 5.74) is 2.74. The minimum atomic E-state index is -1.98. The fraction of sp³-hybridized carbons (Fsp3) is 0.645. The molecule has 0 bridgehead atoms. The molecule has 4 nitrogen and oxygen atoms in total. The van der Waals surface area contributed by atoms with Crippen LogP contribution in [0, 0.1) is 17.8 Å². The molecular weight excluding hydrogens is 436 g/mol. The van der Waals surface area contributed by atoms with E-state index in [-0.39, 0.29) is 11.3 Å². The number of Topliss-reactive ketones (excluding diaryl/α,β-unsaturated/α-hetero) is 1. The zero-order chi connectivity index (χ0) is 26.0. The smallest absolute Gasteiger partial charge is 0.248 e. The fourth-order valence-corrected chi connectivity index (χ4v) is 5.17. The number of carbonyl (C=O) groups excluding carboxylic acids is 1. The molecule has 0 amide bonds. The second-order valence-electron chi connectivity index (χ2n) is 11.3. The molecule has 4 heteroatoms. The van der Waals surface area contributed by atoms with Crippen molar-refractivity contribution in [3.8, 4) is 0 Å². The molecule has 196 valence electrons. The topological polar surface area (TPSA) is 66.8 Å². The van der Waals surface area contributed by atoms with Crippen molar-refractivity contribution in [1.82, 2.24) is 0 Å². The standard InChI is InChI=1S/C31H48O4/c1-22(2)12-9-13-23(3)14-10-15-24(4)16-11-17-25(5)20-21-27-26(6)31(33,35-34)29-19-8-7-18-28(29)30(27)32/h7-8,18-20,22-24,33-34H,9-17,21H2,1-6H3/b25-20+. The van der Waals surface area contributed by atoms with Crippen LogP contribution in [0.15, 0.2) is 47.1 Å². The van der Waals surface area contributed by atoms with E-state index in [9.17, 15) is 15.2 Å². The first-order valence-electron chi connectivity index (χ1n) is 13.6. The summed E-state index contributed by atoms with van der Waals surface area (Å²) < 4.78 is 0. The van der Waals surface area contributed by atoms with Gasteiger partial charge < -0.3 is 5.11 Å². The minimum Gasteiger partial charge on any atom is -0.356 e. The van der Waals surface area contributed by atoms with Crippen LogP contribution < -0.4 is 0 Å². The molecule has 1 aromatic carbocycles. The molecular formula is C31H48O4. The van der Waals surface area contributed by atoms with Gasteiger partial charge in [-0.15, -0.1) is 0 Å². The third-order valence-electron chi connectivity index (χ3n) is 7.70. The number of hydrogen-bond donors (Lipinski definition) is 2. The third kappa shape index (κ3) is 8.41. The highest BCUT2D eigenvalue weighted by Gasteiger charge is 2.43. The molecule has 0 radical (unpaired) electrons. The largest absolute Gasteiger partial charge is 0.356 e. The summed E-state index contributed by atoms with van der Waals surface area (Å²) in [5.74, 6) is 0.299. The first-order valence-corrected chi connectivity index (χ1v) is 13.6. The molecule has 2 N–H and O–H groups in total. The lowest BCUT2D eigenvalue weighted by molar-refractivity contribution is -0.385. The Morgan fingerprint density at radius 2 is 1.54 bits per heavy atom. The van der Waals surface area contributed by atoms with Crippen LogP contribution in [0.5, 0.6) is 0 Å². The maximum Gasteiger partial charge on any atom is 0.248 e. The summed E-state index contributed by atoms with van der Waals surface area (Å²) in [6.07, 6.45) is 13.9. The number of aliphatic hydroxyl groups is 1. The zero-order valence-electron chi connectivity index (χ0n) is 22.9. The molecule has 0 aliphatic heterocycles. The molecule has 35 heavy (non-hydrogen) atoms. The maximum atomic E-state index is 13.0. The molecule has 1 aliphatic carbocycles. The summed E-state index contributed by atoms with van der Waals surface area (Å²) in [6.45, 7) is 13.1. The van der Waals surface area contributed by atoms with E-state index in [1.807, 2.05) is 0 Å². The number of fused-ring (bicyclic) bond motifs is 1. The van der Waals surface area contributed by atoms with Gasteiger partial charge in [-0.05, 0) is 50.9 Å². The van der Waals surface area contributed by atoms with Crippen LogP contribution in [-0.4, -0.2) is 16.1 Å². The molecule has 2 rings (SSSR count). The van der Waals surface area contributed by atoms with Crippen molar-refractivity contribution < 1.29 is 20.0 Å². The van der Waals surface area contributed by atoms with Crippen LogP contribution in [0.3, 0.4) is 0 Å². The van der Waals surface area contributed by atoms with Gasteiger partial charge in [0.15, 0.2) is 5.78 Å². The van der Waals surface area contributed by atoms with Gasteiger partial charge in [-0.25, -0.2) is 5.26 Å². The van der Waals surface area contributed by atoms with Crippen LogP contribution in [0.1, 0.15) is 122 Å². The number of rotatable bonds is 15. The van der Waals surface area contributed by atoms with E-state index in [0.29, 0.717) is 23.1 Å². The van der Waals surface area contributed by atoms with E-state index in [0.717, 1.165) is 30.6 Å². The number of carbonyl (C=O) groups is 1. The van der Waals surface area contributed by atoms with Gasteiger partial charge in [-0.2, -0.15) is 4.89 Å². The van der Waals surface area contributed by atoms with Crippen molar-refractivity contribution in [2.24, 2.45) is 17.8 Å². The summed E-state index contributed by atoms with van der Waals surface area (Å²) in [4.78, 5) is 17.5. The highest BCUT2D eigenvalue weighted by atomic mass is 17.1. The lowest BCUT2D eigenvalue weighted by atomic mass is 9.80. The van der Waals surface area contributed by atoms with Gasteiger partial charge in [0.2, 0.25) is 5.79 Å². The highest BCUT2D eigenvalue weighted by Crippen LogP contribution is 2.40. The van der Waals surface area contributed by atoms with E-state index in [1.165, 1.54) is 50.5 Å². The Kier molecular flexibility index (Phi) is 11.9. The third-order valence-corrected chi connectivity index (χ3v) is 7.70. The SMILES string of the molecule is CC1=C(C/C=C(\C)CCCC(C)CCCC(C)CCCC(C)C)C(=O)c2ccccc2C1(O)OO. The van der Waals surface area contributed by atoms with Crippen molar-refractivity contribution in [3.05, 3.63) is 58.2 Å². The monoisotopic (exact) mass is 484 g/mol. The Morgan fingerprint density at radius 1 is 0.971 bits per heavy atom. The van der Waals surface area contributed by atoms with Crippen LogP contribution in [0.4, 0.5) is 0 Å². The normalized spacial score (nSPS) is 20.4. The Balaban J connectivity index is 1.79. The number of ketones is 1. The van der Waals surface area contributed by atoms with Gasteiger partial charge in [-0.3, -0.25) is 4.79 Å². The minimum absolute atomic E-state index is 0.115. The fourth-order valence-electron chi connectivity index (χ4n) is 5.17. The summed E-state index contributed by atoms with van der Waals surface area (Å²) >= 11 is 0. The first kappa shape index (κ1) is 29.5. The van der Waals surface area contributed by atoms with Gasteiger partial charge in [0, 0.05) is 22.3 Å². The molecule has 0 aromatic heterocycles. The Bertz CT molecular complexity index is 882. The van der Waals surface area contributed by atoms with Crippen LogP contribution in [0.25, 0.3) is 0 Å². The van der Waals surface area contributed by atoms with Crippen LogP contribution >= 0.6 is 0 Å². The van der Waals surface area contributed by atoms with Crippen LogP contribution in [-0.2, 0) is 10.7 Å². The number of allylic oxidation sites excluding steroid dienone is 3. The van der Waals surface area contributed by atoms with Crippen molar-refractivity contribution >= 4 is 5.78 Å². The molecule has 0 saturated carbocycles. The summed E-state index contributed by atoms with van der Waals surface area (Å²) in [6, 6.07) is 6.74. The molecule has 0 saturated heterocycles. The Hall–Kier alpha value is -1.75. The quantitative estimate of drug-likeness (QED) is 0.113. The maximum absolute atomic E-state index is 13.0. The predicted molar refractivity (Wildman–Crippen MR) is 144 cm³/mol. The molecule has 1 aliphatic rings. The molecule has 0 spiro atoms. The van der Waals surface area contributed by atoms with E-state index in [4.69, 9.17) is 0 Å². The van der Waals surface area contributed by atoms with Gasteiger partial charge >= 0.3 is 0 Å². The summed E-state index contributed by atoms with van der Waals surface area (Å²) in [5, 5.41) is 20.4. The molecule has 0 heterocycles. The lowest BCUT2D eigenvalue weighted by Crippen LogP contribution is -2.37. The van der Waals surface area contributed by atoms with Gasteiger partial charge in [0.05, 0.1) is 0 Å². The van der Waals surface area contributed by atoms with E-state index < -0.39 is 5.79 Å². The van der Waals surface area contributed by atoms with Crippen molar-refractivity contribution in [2.45, 2.75) is 112 Å². The molecule has 0 fully saturated rings. The van der Waals surface area contributed by atoms with Crippen LogP contribution in [0.2, 0.25) is 0 Å². The Labute approximate surface area is 213 Å². The number of benzene rings is 1. The van der Waals surface area contributed by atoms with Crippen molar-refractivity contribution in [3.63, 3.8) is 0 Å². The zero-order valence-corrected chi connectivity index (χ0v) is 22.9. The van der Waals surface area contributed by atoms with Gasteiger partial charge in [-0.1, -0.05) is 109 Å². The molecule has 3 unspecified atom stereocenters. The van der Waals surface area contributed by atoms with E-state index >= 15 is 0 Å². The molecule has 3 atom stereocenters. The second-order valence-corrected chi connectivity index (χ2v) is 11.3. The molecule has 1 aromatic rings. The van der Waals surface area contributed by atoms with E-state index in [2.05, 4.69) is 45.6 Å².